The normalized spacial score (nSPS) is 18.0. The lowest BCUT2D eigenvalue weighted by atomic mass is 9.74. The Balaban J connectivity index is 1.97. The van der Waals surface area contributed by atoms with Crippen molar-refractivity contribution in [3.05, 3.63) is 35.9 Å². The van der Waals surface area contributed by atoms with Gasteiger partial charge in [-0.15, -0.1) is 0 Å². The number of carbonyl (C=O) groups is 1. The SMILES string of the molecule is CC[C@@H](COC)NC(=O)N1CCC(C#N)(c2ccccc2)CC1. The van der Waals surface area contributed by atoms with Crippen molar-refractivity contribution in [3.63, 3.8) is 0 Å². The maximum Gasteiger partial charge on any atom is 0.317 e. The number of nitrogens with one attached hydrogen (secondary N) is 1. The Morgan fingerprint density at radius 3 is 2.57 bits per heavy atom. The second kappa shape index (κ2) is 7.98. The van der Waals surface area contributed by atoms with Gasteiger partial charge >= 0.3 is 6.03 Å². The van der Waals surface area contributed by atoms with E-state index in [1.807, 2.05) is 37.3 Å². The summed E-state index contributed by atoms with van der Waals surface area (Å²) in [5.74, 6) is 0. The van der Waals surface area contributed by atoms with Crippen LogP contribution in [-0.2, 0) is 10.2 Å². The van der Waals surface area contributed by atoms with E-state index >= 15 is 0 Å². The summed E-state index contributed by atoms with van der Waals surface area (Å²) >= 11 is 0. The van der Waals surface area contributed by atoms with E-state index in [0.717, 1.165) is 12.0 Å². The van der Waals surface area contributed by atoms with Crippen molar-refractivity contribution in [3.8, 4) is 6.07 Å². The first-order valence-electron chi connectivity index (χ1n) is 8.16. The smallest absolute Gasteiger partial charge is 0.317 e. The molecule has 124 valence electrons. The number of amides is 2. The van der Waals surface area contributed by atoms with Crippen LogP contribution in [-0.4, -0.2) is 43.8 Å². The van der Waals surface area contributed by atoms with Gasteiger partial charge in [0, 0.05) is 20.2 Å². The van der Waals surface area contributed by atoms with Gasteiger partial charge in [0.25, 0.3) is 0 Å². The van der Waals surface area contributed by atoms with Crippen LogP contribution in [0, 0.1) is 11.3 Å². The lowest BCUT2D eigenvalue weighted by molar-refractivity contribution is 0.143. The van der Waals surface area contributed by atoms with E-state index in [1.54, 1.807) is 12.0 Å². The molecule has 0 saturated carbocycles. The number of rotatable bonds is 5. The first-order valence-corrected chi connectivity index (χ1v) is 8.16. The van der Waals surface area contributed by atoms with Crippen LogP contribution in [0.1, 0.15) is 31.7 Å². The average Bonchev–Trinajstić information content (AvgIpc) is 2.62. The molecular weight excluding hydrogens is 290 g/mol. The third-order valence-electron chi connectivity index (χ3n) is 4.63. The highest BCUT2D eigenvalue weighted by molar-refractivity contribution is 5.74. The predicted molar refractivity (Wildman–Crippen MR) is 89.0 cm³/mol. The van der Waals surface area contributed by atoms with Gasteiger partial charge in [-0.1, -0.05) is 37.3 Å². The molecular formula is C18H25N3O2. The van der Waals surface area contributed by atoms with Gasteiger partial charge in [-0.2, -0.15) is 5.26 Å². The molecule has 1 heterocycles. The highest BCUT2D eigenvalue weighted by Crippen LogP contribution is 2.34. The number of ether oxygens (including phenoxy) is 1. The molecule has 23 heavy (non-hydrogen) atoms. The van der Waals surface area contributed by atoms with Crippen LogP contribution in [0.25, 0.3) is 0 Å². The van der Waals surface area contributed by atoms with Gasteiger partial charge < -0.3 is 15.0 Å². The second-order valence-corrected chi connectivity index (χ2v) is 6.06. The van der Waals surface area contributed by atoms with E-state index in [2.05, 4.69) is 11.4 Å². The third kappa shape index (κ3) is 4.02. The minimum Gasteiger partial charge on any atom is -0.383 e. The van der Waals surface area contributed by atoms with Gasteiger partial charge in [-0.05, 0) is 24.8 Å². The molecule has 2 amide bonds. The van der Waals surface area contributed by atoms with E-state index in [0.29, 0.717) is 32.5 Å². The van der Waals surface area contributed by atoms with Crippen molar-refractivity contribution in [1.82, 2.24) is 10.2 Å². The third-order valence-corrected chi connectivity index (χ3v) is 4.63. The quantitative estimate of drug-likeness (QED) is 0.908. The Kier molecular flexibility index (Phi) is 6.00. The van der Waals surface area contributed by atoms with Gasteiger partial charge in [0.05, 0.1) is 24.1 Å². The van der Waals surface area contributed by atoms with E-state index in [1.165, 1.54) is 0 Å². The summed E-state index contributed by atoms with van der Waals surface area (Å²) < 4.78 is 5.12. The van der Waals surface area contributed by atoms with Gasteiger partial charge in [0.15, 0.2) is 0 Å². The summed E-state index contributed by atoms with van der Waals surface area (Å²) in [6.07, 6.45) is 2.17. The zero-order valence-electron chi connectivity index (χ0n) is 13.9. The van der Waals surface area contributed by atoms with Crippen LogP contribution in [0.2, 0.25) is 0 Å². The van der Waals surface area contributed by atoms with Crippen molar-refractivity contribution in [1.29, 1.82) is 5.26 Å². The molecule has 0 spiro atoms. The van der Waals surface area contributed by atoms with Crippen molar-refractivity contribution in [2.24, 2.45) is 0 Å². The molecule has 0 radical (unpaired) electrons. The molecule has 1 aromatic rings. The van der Waals surface area contributed by atoms with Gasteiger partial charge in [-0.3, -0.25) is 0 Å². The fourth-order valence-corrected chi connectivity index (χ4v) is 3.04. The molecule has 1 saturated heterocycles. The number of methoxy groups -OCH3 is 1. The number of benzene rings is 1. The average molecular weight is 315 g/mol. The minimum absolute atomic E-state index is 0.0317. The molecule has 1 aliphatic rings. The van der Waals surface area contributed by atoms with Crippen LogP contribution in [0.3, 0.4) is 0 Å². The first kappa shape index (κ1) is 17.3. The lowest BCUT2D eigenvalue weighted by Crippen LogP contribution is -2.51. The number of urea groups is 1. The summed E-state index contributed by atoms with van der Waals surface area (Å²) in [5, 5.41) is 12.7. The topological polar surface area (TPSA) is 65.4 Å². The molecule has 1 aliphatic heterocycles. The molecule has 1 aromatic carbocycles. The number of likely N-dealkylation sites (tertiary alicyclic amines) is 1. The molecule has 2 rings (SSSR count). The number of carbonyl (C=O) groups excluding carboxylic acids is 1. The zero-order valence-corrected chi connectivity index (χ0v) is 13.9. The second-order valence-electron chi connectivity index (χ2n) is 6.06. The summed E-state index contributed by atoms with van der Waals surface area (Å²) in [4.78, 5) is 14.2. The monoisotopic (exact) mass is 315 g/mol. The first-order chi connectivity index (χ1) is 11.1. The fourth-order valence-electron chi connectivity index (χ4n) is 3.04. The van der Waals surface area contributed by atoms with E-state index < -0.39 is 5.41 Å². The molecule has 5 heteroatoms. The van der Waals surface area contributed by atoms with Crippen molar-refractivity contribution >= 4 is 6.03 Å². The molecule has 1 fully saturated rings. The van der Waals surface area contributed by atoms with Crippen molar-refractivity contribution < 1.29 is 9.53 Å². The zero-order chi connectivity index (χ0) is 16.7. The Labute approximate surface area is 138 Å². The molecule has 0 bridgehead atoms. The Morgan fingerprint density at radius 2 is 2.04 bits per heavy atom. The number of nitrogens with zero attached hydrogens (tertiary/aromatic N) is 2. The van der Waals surface area contributed by atoms with Gasteiger partial charge in [0.2, 0.25) is 0 Å². The van der Waals surface area contributed by atoms with Crippen molar-refractivity contribution in [2.75, 3.05) is 26.8 Å². The van der Waals surface area contributed by atoms with Crippen LogP contribution in [0.5, 0.6) is 0 Å². The summed E-state index contributed by atoms with van der Waals surface area (Å²) in [6.45, 7) is 3.73. The van der Waals surface area contributed by atoms with Crippen LogP contribution in [0.4, 0.5) is 4.79 Å². The van der Waals surface area contributed by atoms with Crippen LogP contribution < -0.4 is 5.32 Å². The molecule has 0 aromatic heterocycles. The largest absolute Gasteiger partial charge is 0.383 e. The fraction of sp³-hybridized carbons (Fsp3) is 0.556. The van der Waals surface area contributed by atoms with Crippen molar-refractivity contribution in [2.45, 2.75) is 37.6 Å². The standard InChI is InChI=1S/C18H25N3O2/c1-3-16(13-23-2)20-17(22)21-11-9-18(14-19,10-12-21)15-7-5-4-6-8-15/h4-8,16H,3,9-13H2,1-2H3,(H,20,22)/t16-/m0/s1. The van der Waals surface area contributed by atoms with Gasteiger partial charge in [0.1, 0.15) is 0 Å². The van der Waals surface area contributed by atoms with E-state index in [4.69, 9.17) is 4.74 Å². The molecule has 0 aliphatic carbocycles. The number of hydrogen-bond acceptors (Lipinski definition) is 3. The molecule has 5 nitrogen and oxygen atoms in total. The number of hydrogen-bond donors (Lipinski definition) is 1. The Morgan fingerprint density at radius 1 is 1.39 bits per heavy atom. The maximum absolute atomic E-state index is 12.4. The minimum atomic E-state index is -0.477. The Hall–Kier alpha value is -2.06. The summed E-state index contributed by atoms with van der Waals surface area (Å²) in [6, 6.07) is 12.3. The van der Waals surface area contributed by atoms with E-state index in [-0.39, 0.29) is 12.1 Å². The highest BCUT2D eigenvalue weighted by Gasteiger charge is 2.37. The van der Waals surface area contributed by atoms with Crippen LogP contribution >= 0.6 is 0 Å². The summed E-state index contributed by atoms with van der Waals surface area (Å²) in [7, 11) is 1.64. The van der Waals surface area contributed by atoms with Crippen LogP contribution in [0.15, 0.2) is 30.3 Å². The summed E-state index contributed by atoms with van der Waals surface area (Å²) in [5.41, 5.74) is 0.572. The highest BCUT2D eigenvalue weighted by atomic mass is 16.5. The maximum atomic E-state index is 12.4. The Bertz CT molecular complexity index is 545. The van der Waals surface area contributed by atoms with Gasteiger partial charge in [-0.25, -0.2) is 4.79 Å². The van der Waals surface area contributed by atoms with E-state index in [9.17, 15) is 10.1 Å². The predicted octanol–water partition coefficient (Wildman–Crippen LogP) is 2.68. The number of piperidine rings is 1. The number of nitriles is 1. The molecule has 1 atom stereocenters. The molecule has 1 N–H and O–H groups in total. The molecule has 0 unspecified atom stereocenters. The lowest BCUT2D eigenvalue weighted by Gasteiger charge is -2.38.